The molecule has 0 N–H and O–H groups in total. The summed E-state index contributed by atoms with van der Waals surface area (Å²) in [5.74, 6) is -1.56. The Bertz CT molecular complexity index is 160. The number of methoxy groups -OCH3 is 1. The van der Waals surface area contributed by atoms with Crippen molar-refractivity contribution in [1.29, 1.82) is 0 Å². The zero-order valence-electron chi connectivity index (χ0n) is 6.09. The molecule has 0 aliphatic rings. The average Bonchev–Trinajstić information content (AvgIpc) is 2.00. The van der Waals surface area contributed by atoms with Gasteiger partial charge < -0.3 is 4.74 Å². The number of hydrogen-bond acceptors (Lipinski definition) is 3. The molecule has 0 aliphatic heterocycles. The molecule has 0 saturated heterocycles. The molecule has 1 atom stereocenters. The molecule has 0 aromatic rings. The maximum absolute atomic E-state index is 10.7. The van der Waals surface area contributed by atoms with Gasteiger partial charge in [-0.25, -0.2) is 0 Å². The maximum Gasteiger partial charge on any atom is 0.316 e. The molecule has 0 amide bonds. The molecule has 0 aromatic heterocycles. The second kappa shape index (κ2) is 3.82. The van der Waals surface area contributed by atoms with E-state index in [1.54, 1.807) is 0 Å². The highest BCUT2D eigenvalue weighted by Crippen LogP contribution is 1.99. The van der Waals surface area contributed by atoms with Gasteiger partial charge in [-0.1, -0.05) is 6.58 Å². The molecule has 10 heavy (non-hydrogen) atoms. The molecule has 0 rings (SSSR count). The normalized spacial score (nSPS) is 11.8. The quantitative estimate of drug-likeness (QED) is 0.328. The summed E-state index contributed by atoms with van der Waals surface area (Å²) < 4.78 is 4.33. The Labute approximate surface area is 59.7 Å². The van der Waals surface area contributed by atoms with Gasteiger partial charge in [-0.2, -0.15) is 0 Å². The van der Waals surface area contributed by atoms with E-state index < -0.39 is 11.9 Å². The Hall–Kier alpha value is -1.12. The summed E-state index contributed by atoms with van der Waals surface area (Å²) in [7, 11) is 1.25. The molecule has 0 aromatic carbocycles. The third-order valence-corrected chi connectivity index (χ3v) is 1.18. The van der Waals surface area contributed by atoms with Crippen LogP contribution in [-0.4, -0.2) is 18.9 Å². The largest absolute Gasteiger partial charge is 0.468 e. The minimum absolute atomic E-state index is 0.313. The van der Waals surface area contributed by atoms with Gasteiger partial charge in [0, 0.05) is 0 Å². The highest BCUT2D eigenvalue weighted by Gasteiger charge is 2.18. The summed E-state index contributed by atoms with van der Waals surface area (Å²) in [6.45, 7) is 4.72. The molecule has 0 radical (unpaired) electrons. The van der Waals surface area contributed by atoms with Gasteiger partial charge in [0.15, 0.2) is 5.78 Å². The second-order valence-corrected chi connectivity index (χ2v) is 1.85. The van der Waals surface area contributed by atoms with Crippen molar-refractivity contribution in [3.05, 3.63) is 12.7 Å². The fourth-order valence-electron chi connectivity index (χ4n) is 0.470. The van der Waals surface area contributed by atoms with Crippen molar-refractivity contribution in [2.24, 2.45) is 5.92 Å². The lowest BCUT2D eigenvalue weighted by Gasteiger charge is -2.02. The molecule has 56 valence electrons. The van der Waals surface area contributed by atoms with Crippen LogP contribution in [0.25, 0.3) is 0 Å². The van der Waals surface area contributed by atoms with Gasteiger partial charge in [-0.15, -0.1) is 0 Å². The Kier molecular flexibility index (Phi) is 3.39. The van der Waals surface area contributed by atoms with Crippen molar-refractivity contribution in [1.82, 2.24) is 0 Å². The van der Waals surface area contributed by atoms with Crippen molar-refractivity contribution >= 4 is 11.8 Å². The minimum Gasteiger partial charge on any atom is -0.468 e. The highest BCUT2D eigenvalue weighted by molar-refractivity contribution is 6.04. The maximum atomic E-state index is 10.7. The Balaban J connectivity index is 4.06. The summed E-state index contributed by atoms with van der Waals surface area (Å²) in [6.07, 6.45) is 1.11. The number of rotatable bonds is 3. The number of carbonyl (C=O) groups excluding carboxylic acids is 2. The van der Waals surface area contributed by atoms with E-state index in [0.717, 1.165) is 6.08 Å². The van der Waals surface area contributed by atoms with Gasteiger partial charge in [-0.3, -0.25) is 9.59 Å². The third-order valence-electron chi connectivity index (χ3n) is 1.18. The smallest absolute Gasteiger partial charge is 0.316 e. The molecular formula is C7H10O3. The van der Waals surface area contributed by atoms with Gasteiger partial charge in [-0.05, 0) is 13.0 Å². The molecule has 0 aliphatic carbocycles. The molecule has 3 heteroatoms. The van der Waals surface area contributed by atoms with Crippen LogP contribution in [0.1, 0.15) is 6.92 Å². The topological polar surface area (TPSA) is 43.4 Å². The van der Waals surface area contributed by atoms with E-state index >= 15 is 0 Å². The fourth-order valence-corrected chi connectivity index (χ4v) is 0.470. The van der Waals surface area contributed by atoms with E-state index in [2.05, 4.69) is 11.3 Å². The number of esters is 1. The lowest BCUT2D eigenvalue weighted by Crippen LogP contribution is -2.20. The first-order valence-corrected chi connectivity index (χ1v) is 2.87. The molecule has 0 unspecified atom stereocenters. The zero-order chi connectivity index (χ0) is 8.15. The van der Waals surface area contributed by atoms with Crippen LogP contribution in [0.15, 0.2) is 12.7 Å². The highest BCUT2D eigenvalue weighted by atomic mass is 16.5. The predicted octanol–water partition coefficient (Wildman–Crippen LogP) is 0.551. The van der Waals surface area contributed by atoms with Crippen LogP contribution in [0.4, 0.5) is 0 Å². The number of allylic oxidation sites excluding steroid dienone is 1. The number of carbonyl (C=O) groups is 2. The SMILES string of the molecule is C=CC(=O)[C@H](C)C(=O)OC. The molecule has 3 nitrogen and oxygen atoms in total. The Morgan fingerprint density at radius 2 is 2.10 bits per heavy atom. The van der Waals surface area contributed by atoms with Crippen LogP contribution >= 0.6 is 0 Å². The monoisotopic (exact) mass is 142 g/mol. The van der Waals surface area contributed by atoms with Crippen molar-refractivity contribution in [2.75, 3.05) is 7.11 Å². The van der Waals surface area contributed by atoms with Gasteiger partial charge in [0.2, 0.25) is 0 Å². The summed E-state index contributed by atoms with van der Waals surface area (Å²) in [6, 6.07) is 0. The van der Waals surface area contributed by atoms with E-state index in [0.29, 0.717) is 0 Å². The standard InChI is InChI=1S/C7H10O3/c1-4-6(8)5(2)7(9)10-3/h4-5H,1H2,2-3H3/t5-/m0/s1. The van der Waals surface area contributed by atoms with Crippen LogP contribution in [0, 0.1) is 5.92 Å². The van der Waals surface area contributed by atoms with Gasteiger partial charge in [0.05, 0.1) is 7.11 Å². The van der Waals surface area contributed by atoms with Gasteiger partial charge in [0.1, 0.15) is 5.92 Å². The summed E-state index contributed by atoms with van der Waals surface area (Å²) in [5, 5.41) is 0. The van der Waals surface area contributed by atoms with Crippen molar-refractivity contribution in [2.45, 2.75) is 6.92 Å². The van der Waals surface area contributed by atoms with Gasteiger partial charge in [0.25, 0.3) is 0 Å². The second-order valence-electron chi connectivity index (χ2n) is 1.85. The number of hydrogen-bond donors (Lipinski definition) is 0. The fraction of sp³-hybridized carbons (Fsp3) is 0.429. The summed E-state index contributed by atoms with van der Waals surface area (Å²) in [4.78, 5) is 21.3. The molecule has 0 saturated carbocycles. The summed E-state index contributed by atoms with van der Waals surface area (Å²) in [5.41, 5.74) is 0. The van der Waals surface area contributed by atoms with E-state index in [1.807, 2.05) is 0 Å². The zero-order valence-corrected chi connectivity index (χ0v) is 6.09. The molecule has 0 spiro atoms. The average molecular weight is 142 g/mol. The van der Waals surface area contributed by atoms with Crippen LogP contribution in [0.3, 0.4) is 0 Å². The van der Waals surface area contributed by atoms with Crippen LogP contribution in [-0.2, 0) is 14.3 Å². The first-order chi connectivity index (χ1) is 4.63. The van der Waals surface area contributed by atoms with Crippen molar-refractivity contribution in [3.63, 3.8) is 0 Å². The first kappa shape index (κ1) is 8.88. The molecule has 0 heterocycles. The van der Waals surface area contributed by atoms with E-state index in [-0.39, 0.29) is 5.78 Å². The van der Waals surface area contributed by atoms with Crippen molar-refractivity contribution in [3.8, 4) is 0 Å². The van der Waals surface area contributed by atoms with Crippen LogP contribution < -0.4 is 0 Å². The lowest BCUT2D eigenvalue weighted by atomic mass is 10.1. The van der Waals surface area contributed by atoms with E-state index in [4.69, 9.17) is 0 Å². The number of ether oxygens (including phenoxy) is 1. The molecular weight excluding hydrogens is 132 g/mol. The van der Waals surface area contributed by atoms with E-state index in [1.165, 1.54) is 14.0 Å². The number of ketones is 1. The van der Waals surface area contributed by atoms with Crippen molar-refractivity contribution < 1.29 is 14.3 Å². The Morgan fingerprint density at radius 3 is 2.40 bits per heavy atom. The minimum atomic E-state index is -0.720. The first-order valence-electron chi connectivity index (χ1n) is 2.87. The molecule has 0 fully saturated rings. The lowest BCUT2D eigenvalue weighted by molar-refractivity contribution is -0.147. The third kappa shape index (κ3) is 2.01. The predicted molar refractivity (Wildman–Crippen MR) is 36.4 cm³/mol. The van der Waals surface area contributed by atoms with E-state index in [9.17, 15) is 9.59 Å². The molecule has 0 bridgehead atoms. The van der Waals surface area contributed by atoms with Crippen LogP contribution in [0.2, 0.25) is 0 Å². The summed E-state index contributed by atoms with van der Waals surface area (Å²) >= 11 is 0. The Morgan fingerprint density at radius 1 is 1.60 bits per heavy atom. The van der Waals surface area contributed by atoms with Gasteiger partial charge >= 0.3 is 5.97 Å². The van der Waals surface area contributed by atoms with Crippen LogP contribution in [0.5, 0.6) is 0 Å².